The van der Waals surface area contributed by atoms with Gasteiger partial charge in [0.25, 0.3) is 0 Å². The van der Waals surface area contributed by atoms with Gasteiger partial charge in [-0.05, 0) is 25.0 Å². The number of aromatic nitrogens is 2. The summed E-state index contributed by atoms with van der Waals surface area (Å²) in [4.78, 5) is 19.4. The highest BCUT2D eigenvalue weighted by atomic mass is 16.7. The van der Waals surface area contributed by atoms with Crippen LogP contribution in [0.1, 0.15) is 49.8 Å². The van der Waals surface area contributed by atoms with Gasteiger partial charge in [-0.2, -0.15) is 0 Å². The second-order valence-corrected chi connectivity index (χ2v) is 8.26. The number of nitrogens with zero attached hydrogens (tertiary/aromatic N) is 3. The molecule has 5 rings (SSSR count). The molecule has 2 aliphatic rings. The van der Waals surface area contributed by atoms with Crippen LogP contribution in [0.2, 0.25) is 0 Å². The smallest absolute Gasteiger partial charge is 0.411 e. The molecule has 1 aromatic heterocycles. The van der Waals surface area contributed by atoms with Crippen molar-refractivity contribution in [2.75, 3.05) is 6.61 Å². The Morgan fingerprint density at radius 2 is 1.78 bits per heavy atom. The average Bonchev–Trinajstić information content (AvgIpc) is 3.53. The summed E-state index contributed by atoms with van der Waals surface area (Å²) in [6.45, 7) is 4.30. The van der Waals surface area contributed by atoms with Gasteiger partial charge in [-0.3, -0.25) is 4.90 Å². The van der Waals surface area contributed by atoms with Crippen molar-refractivity contribution in [1.82, 2.24) is 14.5 Å². The summed E-state index contributed by atoms with van der Waals surface area (Å²) in [6.07, 6.45) is 4.79. The van der Waals surface area contributed by atoms with Crippen LogP contribution in [0, 0.1) is 0 Å². The van der Waals surface area contributed by atoms with Crippen LogP contribution >= 0.6 is 0 Å². The van der Waals surface area contributed by atoms with Crippen molar-refractivity contribution in [3.8, 4) is 0 Å². The first-order valence-corrected chi connectivity index (χ1v) is 11.0. The largest absolute Gasteiger partial charge is 0.439 e. The number of benzene rings is 2. The van der Waals surface area contributed by atoms with Crippen LogP contribution in [0.25, 0.3) is 0 Å². The first kappa shape index (κ1) is 20.7. The second kappa shape index (κ2) is 8.41. The van der Waals surface area contributed by atoms with Crippen LogP contribution in [-0.2, 0) is 14.2 Å². The van der Waals surface area contributed by atoms with Gasteiger partial charge in [0.1, 0.15) is 12.3 Å². The number of hydrogen-bond acceptors (Lipinski definition) is 5. The van der Waals surface area contributed by atoms with Crippen molar-refractivity contribution < 1.29 is 19.0 Å². The van der Waals surface area contributed by atoms with Crippen LogP contribution in [0.3, 0.4) is 0 Å². The molecule has 3 aromatic rings. The van der Waals surface area contributed by atoms with E-state index in [9.17, 15) is 4.79 Å². The van der Waals surface area contributed by atoms with Crippen molar-refractivity contribution in [2.24, 2.45) is 0 Å². The van der Waals surface area contributed by atoms with E-state index in [0.29, 0.717) is 13.0 Å². The highest BCUT2D eigenvalue weighted by molar-refractivity contribution is 5.72. The van der Waals surface area contributed by atoms with Crippen molar-refractivity contribution >= 4 is 6.09 Å². The lowest BCUT2D eigenvalue weighted by Crippen LogP contribution is -2.51. The summed E-state index contributed by atoms with van der Waals surface area (Å²) >= 11 is 0. The average molecular weight is 434 g/mol. The number of carbonyl (C=O) groups is 1. The first-order chi connectivity index (χ1) is 15.6. The summed E-state index contributed by atoms with van der Waals surface area (Å²) in [7, 11) is 0. The monoisotopic (exact) mass is 433 g/mol. The molecular formula is C25H27N3O4. The van der Waals surface area contributed by atoms with Gasteiger partial charge >= 0.3 is 6.09 Å². The Morgan fingerprint density at radius 1 is 1.09 bits per heavy atom. The molecule has 2 aliphatic heterocycles. The summed E-state index contributed by atoms with van der Waals surface area (Å²) < 4.78 is 20.4. The zero-order chi connectivity index (χ0) is 22.1. The molecule has 0 N–H and O–H groups in total. The summed E-state index contributed by atoms with van der Waals surface area (Å²) in [6, 6.07) is 19.3. The molecule has 0 aliphatic carbocycles. The molecule has 166 valence electrons. The van der Waals surface area contributed by atoms with Gasteiger partial charge in [0.15, 0.2) is 11.9 Å². The van der Waals surface area contributed by atoms with Gasteiger partial charge in [0.2, 0.25) is 0 Å². The Balaban J connectivity index is 1.57. The van der Waals surface area contributed by atoms with E-state index in [1.54, 1.807) is 12.5 Å². The minimum atomic E-state index is -0.985. The van der Waals surface area contributed by atoms with Gasteiger partial charge in [-0.15, -0.1) is 0 Å². The Labute approximate surface area is 187 Å². The molecule has 2 fully saturated rings. The van der Waals surface area contributed by atoms with E-state index in [2.05, 4.69) is 4.98 Å². The maximum Gasteiger partial charge on any atom is 0.411 e. The fourth-order valence-corrected chi connectivity index (χ4v) is 4.90. The topological polar surface area (TPSA) is 65.8 Å². The Morgan fingerprint density at radius 3 is 2.41 bits per heavy atom. The van der Waals surface area contributed by atoms with Crippen LogP contribution in [0.15, 0.2) is 79.4 Å². The van der Waals surface area contributed by atoms with E-state index in [4.69, 9.17) is 14.2 Å². The van der Waals surface area contributed by atoms with Crippen LogP contribution < -0.4 is 0 Å². The van der Waals surface area contributed by atoms with E-state index in [1.165, 1.54) is 0 Å². The van der Waals surface area contributed by atoms with Crippen molar-refractivity contribution in [3.63, 3.8) is 0 Å². The van der Waals surface area contributed by atoms with Crippen molar-refractivity contribution in [1.29, 1.82) is 0 Å². The lowest BCUT2D eigenvalue weighted by Gasteiger charge is -2.37. The summed E-state index contributed by atoms with van der Waals surface area (Å²) in [5, 5.41) is 0. The molecule has 3 heterocycles. The zero-order valence-corrected chi connectivity index (χ0v) is 18.2. The van der Waals surface area contributed by atoms with Crippen molar-refractivity contribution in [2.45, 2.75) is 50.5 Å². The fourth-order valence-electron chi connectivity index (χ4n) is 4.90. The number of imidazole rings is 1. The molecule has 5 atom stereocenters. The van der Waals surface area contributed by atoms with Gasteiger partial charge in [0, 0.05) is 25.4 Å². The Bertz CT molecular complexity index is 1040. The number of carbonyl (C=O) groups excluding carboxylic acids is 1. The predicted octanol–water partition coefficient (Wildman–Crippen LogP) is 4.86. The zero-order valence-electron chi connectivity index (χ0n) is 18.2. The van der Waals surface area contributed by atoms with Gasteiger partial charge in [-0.25, -0.2) is 9.78 Å². The minimum Gasteiger partial charge on any atom is -0.439 e. The predicted molar refractivity (Wildman–Crippen MR) is 117 cm³/mol. The van der Waals surface area contributed by atoms with E-state index >= 15 is 0 Å². The molecule has 0 bridgehead atoms. The van der Waals surface area contributed by atoms with E-state index in [-0.39, 0.29) is 24.4 Å². The van der Waals surface area contributed by atoms with Gasteiger partial charge in [-0.1, -0.05) is 60.7 Å². The molecule has 1 amide bonds. The normalized spacial score (nSPS) is 29.9. The van der Waals surface area contributed by atoms with Gasteiger partial charge in [0.05, 0.1) is 12.4 Å². The molecule has 0 radical (unpaired) electrons. The molecule has 2 aromatic carbocycles. The molecule has 7 heteroatoms. The quantitative estimate of drug-likeness (QED) is 0.556. The maximum atomic E-state index is 13.4. The van der Waals surface area contributed by atoms with Crippen molar-refractivity contribution in [3.05, 3.63) is 90.5 Å². The highest BCUT2D eigenvalue weighted by Crippen LogP contribution is 2.50. The molecule has 7 nitrogen and oxygen atoms in total. The fraction of sp³-hybridized carbons (Fsp3) is 0.360. The maximum absolute atomic E-state index is 13.4. The lowest BCUT2D eigenvalue weighted by atomic mass is 9.93. The van der Waals surface area contributed by atoms with Gasteiger partial charge < -0.3 is 18.8 Å². The molecule has 2 saturated heterocycles. The molecule has 0 spiro atoms. The second-order valence-electron chi connectivity index (χ2n) is 8.26. The standard InChI is InChI=1S/C25H27N3O4/c1-3-30-25(2)20(16-21(32-25)27-15-14-26-17-27)28-22(18-10-6-4-7-11-18)23(31-24(28)29)19-12-8-5-9-13-19/h4-15,17,20-23H,3,16H2,1-2H3/t20-,21?,22-,23+,25-/m1/s1. The molecule has 0 saturated carbocycles. The lowest BCUT2D eigenvalue weighted by molar-refractivity contribution is -0.242. The Hall–Kier alpha value is -3.16. The molecule has 1 unspecified atom stereocenters. The third-order valence-corrected chi connectivity index (χ3v) is 6.32. The van der Waals surface area contributed by atoms with E-state index < -0.39 is 11.9 Å². The summed E-state index contributed by atoms with van der Waals surface area (Å²) in [5.41, 5.74) is 1.97. The third kappa shape index (κ3) is 3.57. The van der Waals surface area contributed by atoms with E-state index in [0.717, 1.165) is 11.1 Å². The Kier molecular flexibility index (Phi) is 5.45. The number of rotatable bonds is 6. The molecule has 32 heavy (non-hydrogen) atoms. The molecular weight excluding hydrogens is 406 g/mol. The number of cyclic esters (lactones) is 1. The van der Waals surface area contributed by atoms with Crippen LogP contribution in [0.4, 0.5) is 4.79 Å². The number of amides is 1. The number of hydrogen-bond donors (Lipinski definition) is 0. The highest BCUT2D eigenvalue weighted by Gasteiger charge is 2.57. The SMILES string of the molecule is CCO[C@]1(C)OC(n2ccnc2)C[C@H]1N1C(=O)O[C@@H](c2ccccc2)[C@H]1c1ccccc1. The van der Waals surface area contributed by atoms with Crippen LogP contribution in [-0.4, -0.2) is 39.0 Å². The van der Waals surface area contributed by atoms with E-state index in [1.807, 2.05) is 90.2 Å². The first-order valence-electron chi connectivity index (χ1n) is 11.0. The minimum absolute atomic E-state index is 0.293. The van der Waals surface area contributed by atoms with Crippen LogP contribution in [0.5, 0.6) is 0 Å². The third-order valence-electron chi connectivity index (χ3n) is 6.32. The number of ether oxygens (including phenoxy) is 3. The summed E-state index contributed by atoms with van der Waals surface area (Å²) in [5.74, 6) is -0.985.